The summed E-state index contributed by atoms with van der Waals surface area (Å²) in [7, 11) is 0. The van der Waals surface area contributed by atoms with Crippen LogP contribution in [-0.4, -0.2) is 5.11 Å². The lowest BCUT2D eigenvalue weighted by Crippen LogP contribution is -2.02. The highest BCUT2D eigenvalue weighted by atomic mass is 35.5. The third-order valence-corrected chi connectivity index (χ3v) is 3.18. The Morgan fingerprint density at radius 2 is 1.80 bits per heavy atom. The van der Waals surface area contributed by atoms with Crippen molar-refractivity contribution in [3.8, 4) is 5.75 Å². The highest BCUT2D eigenvalue weighted by molar-refractivity contribution is 6.31. The van der Waals surface area contributed by atoms with Crippen LogP contribution in [0.4, 0.5) is 8.78 Å². The fraction of sp³-hybridized carbons (Fsp3) is 0.200. The van der Waals surface area contributed by atoms with Gasteiger partial charge >= 0.3 is 0 Å². The molecule has 0 aliphatic rings. The first-order chi connectivity index (χ1) is 9.47. The monoisotopic (exact) mass is 298 g/mol. The summed E-state index contributed by atoms with van der Waals surface area (Å²) < 4.78 is 31.6. The molecule has 106 valence electrons. The Morgan fingerprint density at radius 3 is 2.45 bits per heavy atom. The number of ether oxygens (including phenoxy) is 1. The highest BCUT2D eigenvalue weighted by Crippen LogP contribution is 2.27. The van der Waals surface area contributed by atoms with E-state index in [1.807, 2.05) is 0 Å². The van der Waals surface area contributed by atoms with Crippen molar-refractivity contribution in [2.75, 3.05) is 0 Å². The first kappa shape index (κ1) is 14.8. The summed E-state index contributed by atoms with van der Waals surface area (Å²) >= 11 is 5.89. The van der Waals surface area contributed by atoms with E-state index in [1.54, 1.807) is 6.92 Å². The molecule has 1 atom stereocenters. The molecule has 0 radical (unpaired) electrons. The molecule has 0 fully saturated rings. The number of halogens is 3. The predicted molar refractivity (Wildman–Crippen MR) is 72.8 cm³/mol. The fourth-order valence-electron chi connectivity index (χ4n) is 1.77. The average Bonchev–Trinajstić information content (AvgIpc) is 2.37. The van der Waals surface area contributed by atoms with Gasteiger partial charge in [0.05, 0.1) is 11.1 Å². The van der Waals surface area contributed by atoms with Gasteiger partial charge in [0.1, 0.15) is 24.0 Å². The maximum atomic E-state index is 13.2. The number of aliphatic hydroxyl groups excluding tert-OH is 1. The van der Waals surface area contributed by atoms with Crippen molar-refractivity contribution in [3.63, 3.8) is 0 Å². The van der Waals surface area contributed by atoms with Gasteiger partial charge in [-0.2, -0.15) is 0 Å². The number of benzene rings is 2. The van der Waals surface area contributed by atoms with Crippen molar-refractivity contribution < 1.29 is 18.6 Å². The van der Waals surface area contributed by atoms with Gasteiger partial charge in [0, 0.05) is 17.2 Å². The van der Waals surface area contributed by atoms with Gasteiger partial charge < -0.3 is 9.84 Å². The molecule has 0 aliphatic heterocycles. The number of hydrogen-bond donors (Lipinski definition) is 1. The Balaban J connectivity index is 2.20. The SMILES string of the molecule is C[C@H](O)c1ccc(F)cc1OCc1ccc(F)cc1Cl. The van der Waals surface area contributed by atoms with Gasteiger partial charge in [0.25, 0.3) is 0 Å². The Bertz CT molecular complexity index is 615. The Kier molecular flexibility index (Phi) is 4.57. The molecule has 0 aliphatic carbocycles. The van der Waals surface area contributed by atoms with Crippen LogP contribution in [0.3, 0.4) is 0 Å². The van der Waals surface area contributed by atoms with E-state index in [-0.39, 0.29) is 17.4 Å². The van der Waals surface area contributed by atoms with E-state index in [0.717, 1.165) is 0 Å². The fourth-order valence-corrected chi connectivity index (χ4v) is 1.99. The molecular weight excluding hydrogens is 286 g/mol. The van der Waals surface area contributed by atoms with Crippen LogP contribution in [0.2, 0.25) is 5.02 Å². The van der Waals surface area contributed by atoms with Gasteiger partial charge in [-0.15, -0.1) is 0 Å². The van der Waals surface area contributed by atoms with Crippen molar-refractivity contribution in [3.05, 3.63) is 64.2 Å². The van der Waals surface area contributed by atoms with Crippen molar-refractivity contribution in [2.45, 2.75) is 19.6 Å². The zero-order valence-corrected chi connectivity index (χ0v) is 11.5. The quantitative estimate of drug-likeness (QED) is 0.914. The largest absolute Gasteiger partial charge is 0.488 e. The molecule has 2 aromatic rings. The van der Waals surface area contributed by atoms with Crippen LogP contribution in [0, 0.1) is 11.6 Å². The zero-order valence-electron chi connectivity index (χ0n) is 10.7. The van der Waals surface area contributed by atoms with Crippen LogP contribution in [0.15, 0.2) is 36.4 Å². The third kappa shape index (κ3) is 3.46. The maximum absolute atomic E-state index is 13.2. The lowest BCUT2D eigenvalue weighted by Gasteiger charge is -2.14. The van der Waals surface area contributed by atoms with Crippen LogP contribution < -0.4 is 4.74 Å². The van der Waals surface area contributed by atoms with E-state index in [1.165, 1.54) is 36.4 Å². The van der Waals surface area contributed by atoms with Crippen molar-refractivity contribution in [1.82, 2.24) is 0 Å². The lowest BCUT2D eigenvalue weighted by molar-refractivity contribution is 0.190. The molecule has 2 nitrogen and oxygen atoms in total. The normalized spacial score (nSPS) is 12.2. The topological polar surface area (TPSA) is 29.5 Å². The second-order valence-corrected chi connectivity index (χ2v) is 4.79. The Labute approximate surface area is 120 Å². The van der Waals surface area contributed by atoms with E-state index >= 15 is 0 Å². The van der Waals surface area contributed by atoms with Crippen LogP contribution >= 0.6 is 11.6 Å². The second-order valence-electron chi connectivity index (χ2n) is 4.38. The molecular formula is C15H13ClF2O2. The Morgan fingerprint density at radius 1 is 1.15 bits per heavy atom. The molecule has 0 unspecified atom stereocenters. The molecule has 0 aromatic heterocycles. The molecule has 0 saturated heterocycles. The molecule has 0 saturated carbocycles. The van der Waals surface area contributed by atoms with Crippen LogP contribution in [-0.2, 0) is 6.61 Å². The molecule has 20 heavy (non-hydrogen) atoms. The number of aliphatic hydroxyl groups is 1. The summed E-state index contributed by atoms with van der Waals surface area (Å²) in [4.78, 5) is 0. The van der Waals surface area contributed by atoms with Crippen molar-refractivity contribution >= 4 is 11.6 Å². The lowest BCUT2D eigenvalue weighted by atomic mass is 10.1. The predicted octanol–water partition coefficient (Wildman–Crippen LogP) is 4.25. The summed E-state index contributed by atoms with van der Waals surface area (Å²) in [6, 6.07) is 7.85. The van der Waals surface area contributed by atoms with E-state index in [4.69, 9.17) is 16.3 Å². The number of hydrogen-bond acceptors (Lipinski definition) is 2. The van der Waals surface area contributed by atoms with E-state index < -0.39 is 17.7 Å². The molecule has 2 rings (SSSR count). The van der Waals surface area contributed by atoms with E-state index in [2.05, 4.69) is 0 Å². The van der Waals surface area contributed by atoms with Gasteiger partial charge in [-0.1, -0.05) is 17.7 Å². The molecule has 0 heterocycles. The molecule has 2 aromatic carbocycles. The minimum absolute atomic E-state index is 0.0578. The smallest absolute Gasteiger partial charge is 0.128 e. The summed E-state index contributed by atoms with van der Waals surface area (Å²) in [6.45, 7) is 1.62. The third-order valence-electron chi connectivity index (χ3n) is 2.82. The second kappa shape index (κ2) is 6.20. The minimum atomic E-state index is -0.783. The summed E-state index contributed by atoms with van der Waals surface area (Å²) in [5, 5.41) is 9.84. The summed E-state index contributed by atoms with van der Waals surface area (Å²) in [5.74, 6) is -0.663. The van der Waals surface area contributed by atoms with Gasteiger partial charge in [0.2, 0.25) is 0 Å². The van der Waals surface area contributed by atoms with Crippen LogP contribution in [0.1, 0.15) is 24.2 Å². The highest BCUT2D eigenvalue weighted by Gasteiger charge is 2.11. The van der Waals surface area contributed by atoms with E-state index in [0.29, 0.717) is 11.1 Å². The first-order valence-electron chi connectivity index (χ1n) is 6.01. The van der Waals surface area contributed by atoms with Gasteiger partial charge in [-0.05, 0) is 31.2 Å². The van der Waals surface area contributed by atoms with Gasteiger partial charge in [-0.25, -0.2) is 8.78 Å². The molecule has 0 amide bonds. The number of rotatable bonds is 4. The maximum Gasteiger partial charge on any atom is 0.128 e. The average molecular weight is 299 g/mol. The van der Waals surface area contributed by atoms with Crippen LogP contribution in [0.5, 0.6) is 5.75 Å². The Hall–Kier alpha value is -1.65. The zero-order chi connectivity index (χ0) is 14.7. The minimum Gasteiger partial charge on any atom is -0.488 e. The molecule has 1 N–H and O–H groups in total. The standard InChI is InChI=1S/C15H13ClF2O2/c1-9(19)13-5-4-12(18)7-15(13)20-8-10-2-3-11(17)6-14(10)16/h2-7,9,19H,8H2,1H3/t9-/m0/s1. The van der Waals surface area contributed by atoms with E-state index in [9.17, 15) is 13.9 Å². The van der Waals surface area contributed by atoms with Crippen molar-refractivity contribution in [1.29, 1.82) is 0 Å². The molecule has 0 bridgehead atoms. The summed E-state index contributed by atoms with van der Waals surface area (Å²) in [5.41, 5.74) is 1.05. The van der Waals surface area contributed by atoms with Gasteiger partial charge in [-0.3, -0.25) is 0 Å². The molecule has 0 spiro atoms. The summed E-state index contributed by atoms with van der Waals surface area (Å²) in [6.07, 6.45) is -0.783. The first-order valence-corrected chi connectivity index (χ1v) is 6.39. The molecule has 5 heteroatoms. The van der Waals surface area contributed by atoms with Crippen molar-refractivity contribution in [2.24, 2.45) is 0 Å². The van der Waals surface area contributed by atoms with Crippen LogP contribution in [0.25, 0.3) is 0 Å². The van der Waals surface area contributed by atoms with Gasteiger partial charge in [0.15, 0.2) is 0 Å².